The van der Waals surface area contributed by atoms with Crippen molar-refractivity contribution in [3.8, 4) is 6.07 Å². The van der Waals surface area contributed by atoms with Gasteiger partial charge in [0.2, 0.25) is 0 Å². The first kappa shape index (κ1) is 9.97. The van der Waals surface area contributed by atoms with Crippen molar-refractivity contribution in [3.63, 3.8) is 0 Å². The minimum absolute atomic E-state index is 0.580. The summed E-state index contributed by atoms with van der Waals surface area (Å²) in [7, 11) is 0. The van der Waals surface area contributed by atoms with Crippen LogP contribution in [-0.4, -0.2) is 0 Å². The van der Waals surface area contributed by atoms with Crippen molar-refractivity contribution in [1.82, 2.24) is 0 Å². The Hall–Kier alpha value is -0.560. The lowest BCUT2D eigenvalue weighted by atomic mass is 10.1. The average molecular weight is 287 g/mol. The second kappa shape index (κ2) is 3.90. The van der Waals surface area contributed by atoms with E-state index < -0.39 is 0 Å². The van der Waals surface area contributed by atoms with E-state index in [9.17, 15) is 0 Å². The zero-order valence-electron chi connectivity index (χ0n) is 7.05. The highest BCUT2D eigenvalue weighted by atomic mass is 79.9. The molecule has 0 aliphatic carbocycles. The molecule has 1 heterocycles. The number of rotatable bonds is 1. The number of hydrogen-bond donors (Lipinski definition) is 0. The monoisotopic (exact) mass is 285 g/mol. The van der Waals surface area contributed by atoms with Crippen LogP contribution >= 0.6 is 38.9 Å². The van der Waals surface area contributed by atoms with E-state index in [1.54, 1.807) is 0 Å². The Bertz CT molecular complexity index is 527. The summed E-state index contributed by atoms with van der Waals surface area (Å²) in [5.41, 5.74) is 1.77. The Kier molecular flexibility index (Phi) is 2.78. The number of benzene rings is 1. The Morgan fingerprint density at radius 1 is 1.50 bits per heavy atom. The fraction of sp³-hybridized carbons (Fsp3) is 0.100. The van der Waals surface area contributed by atoms with E-state index in [4.69, 9.17) is 16.9 Å². The van der Waals surface area contributed by atoms with E-state index in [1.807, 2.05) is 18.2 Å². The van der Waals surface area contributed by atoms with Crippen LogP contribution in [0.3, 0.4) is 0 Å². The van der Waals surface area contributed by atoms with E-state index in [2.05, 4.69) is 22.0 Å². The van der Waals surface area contributed by atoms with Crippen LogP contribution < -0.4 is 0 Å². The second-order valence-corrected chi connectivity index (χ2v) is 4.97. The minimum atomic E-state index is 0.580. The van der Waals surface area contributed by atoms with Crippen molar-refractivity contribution in [1.29, 1.82) is 5.26 Å². The van der Waals surface area contributed by atoms with Crippen molar-refractivity contribution >= 4 is 49.0 Å². The molecule has 0 aliphatic heterocycles. The van der Waals surface area contributed by atoms with Gasteiger partial charge >= 0.3 is 0 Å². The molecule has 0 saturated carbocycles. The van der Waals surface area contributed by atoms with E-state index in [0.717, 1.165) is 15.4 Å². The lowest BCUT2D eigenvalue weighted by Gasteiger charge is -1.96. The van der Waals surface area contributed by atoms with Gasteiger partial charge in [-0.25, -0.2) is 0 Å². The van der Waals surface area contributed by atoms with Crippen LogP contribution in [0.1, 0.15) is 11.1 Å². The normalized spacial score (nSPS) is 10.4. The second-order valence-electron chi connectivity index (χ2n) is 2.79. The summed E-state index contributed by atoms with van der Waals surface area (Å²) >= 11 is 10.9. The molecule has 0 aliphatic rings. The molecular weight excluding hydrogens is 282 g/mol. The van der Waals surface area contributed by atoms with Gasteiger partial charge in [0.25, 0.3) is 0 Å². The van der Waals surface area contributed by atoms with Gasteiger partial charge < -0.3 is 0 Å². The van der Waals surface area contributed by atoms with Crippen LogP contribution in [0.5, 0.6) is 0 Å². The molecule has 0 fully saturated rings. The van der Waals surface area contributed by atoms with Crippen molar-refractivity contribution in [2.24, 2.45) is 0 Å². The van der Waals surface area contributed by atoms with Crippen molar-refractivity contribution in [2.75, 3.05) is 0 Å². The average Bonchev–Trinajstić information content (AvgIpc) is 2.52. The first-order valence-corrected chi connectivity index (χ1v) is 6.25. The molecule has 2 rings (SSSR count). The molecule has 4 heteroatoms. The zero-order chi connectivity index (χ0) is 10.1. The maximum absolute atomic E-state index is 8.93. The topological polar surface area (TPSA) is 23.8 Å². The highest BCUT2D eigenvalue weighted by Crippen LogP contribution is 2.37. The summed E-state index contributed by atoms with van der Waals surface area (Å²) in [5, 5.41) is 10.7. The van der Waals surface area contributed by atoms with E-state index in [-0.39, 0.29) is 0 Å². The Balaban J connectivity index is 2.87. The number of hydrogen-bond acceptors (Lipinski definition) is 2. The fourth-order valence-corrected chi connectivity index (χ4v) is 3.37. The van der Waals surface area contributed by atoms with Crippen molar-refractivity contribution < 1.29 is 0 Å². The molecule has 0 spiro atoms. The first-order valence-electron chi connectivity index (χ1n) is 3.94. The smallest absolute Gasteiger partial charge is 0.112 e. The Labute approximate surface area is 99.0 Å². The largest absolute Gasteiger partial charge is 0.192 e. The third-order valence-corrected chi connectivity index (χ3v) is 4.10. The van der Waals surface area contributed by atoms with Gasteiger partial charge in [-0.15, -0.1) is 11.3 Å². The molecule has 0 bridgehead atoms. The number of halogens is 2. The van der Waals surface area contributed by atoms with Crippen LogP contribution in [0.4, 0.5) is 0 Å². The minimum Gasteiger partial charge on any atom is -0.192 e. The summed E-state index contributed by atoms with van der Waals surface area (Å²) in [6.07, 6.45) is 0. The predicted octanol–water partition coefficient (Wildman–Crippen LogP) is 4.32. The molecule has 0 atom stereocenters. The maximum Gasteiger partial charge on any atom is 0.112 e. The number of thiophene rings is 1. The van der Waals surface area contributed by atoms with Gasteiger partial charge in [0, 0.05) is 15.4 Å². The van der Waals surface area contributed by atoms with Gasteiger partial charge in [0.05, 0.1) is 5.56 Å². The number of nitrogens with zero attached hydrogens (tertiary/aromatic N) is 1. The molecule has 1 aromatic heterocycles. The van der Waals surface area contributed by atoms with Crippen molar-refractivity contribution in [2.45, 2.75) is 5.33 Å². The molecule has 70 valence electrons. The fourth-order valence-electron chi connectivity index (χ4n) is 1.36. The molecule has 0 unspecified atom stereocenters. The summed E-state index contributed by atoms with van der Waals surface area (Å²) in [5.74, 6) is 0. The van der Waals surface area contributed by atoms with Gasteiger partial charge in [0.1, 0.15) is 10.4 Å². The van der Waals surface area contributed by atoms with Crippen LogP contribution in [0, 0.1) is 11.3 Å². The first-order chi connectivity index (χ1) is 6.77. The molecule has 0 amide bonds. The van der Waals surface area contributed by atoms with Gasteiger partial charge in [-0.1, -0.05) is 45.7 Å². The van der Waals surface area contributed by atoms with E-state index in [1.165, 1.54) is 16.9 Å². The van der Waals surface area contributed by atoms with Gasteiger partial charge in [-0.3, -0.25) is 0 Å². The Morgan fingerprint density at radius 3 is 2.93 bits per heavy atom. The summed E-state index contributed by atoms with van der Waals surface area (Å²) < 4.78 is 1.68. The third kappa shape index (κ3) is 1.44. The van der Waals surface area contributed by atoms with Crippen LogP contribution in [0.2, 0.25) is 4.34 Å². The van der Waals surface area contributed by atoms with Crippen LogP contribution in [0.25, 0.3) is 10.1 Å². The van der Waals surface area contributed by atoms with Crippen LogP contribution in [0.15, 0.2) is 18.2 Å². The SMILES string of the molecule is N#Cc1c(Cl)sc2c(CBr)cccc12. The molecule has 0 radical (unpaired) electrons. The molecule has 14 heavy (non-hydrogen) atoms. The molecule has 2 aromatic rings. The predicted molar refractivity (Wildman–Crippen MR) is 64.2 cm³/mol. The van der Waals surface area contributed by atoms with Gasteiger partial charge in [-0.05, 0) is 5.56 Å². The van der Waals surface area contributed by atoms with Crippen molar-refractivity contribution in [3.05, 3.63) is 33.7 Å². The maximum atomic E-state index is 8.93. The molecule has 1 aromatic carbocycles. The zero-order valence-corrected chi connectivity index (χ0v) is 10.2. The summed E-state index contributed by atoms with van der Waals surface area (Å²) in [6, 6.07) is 8.05. The lowest BCUT2D eigenvalue weighted by Crippen LogP contribution is -1.77. The molecule has 0 saturated heterocycles. The van der Waals surface area contributed by atoms with Gasteiger partial charge in [0.15, 0.2) is 0 Å². The molecular formula is C10H5BrClNS. The number of fused-ring (bicyclic) bond motifs is 1. The highest BCUT2D eigenvalue weighted by Gasteiger charge is 2.11. The number of alkyl halides is 1. The summed E-state index contributed by atoms with van der Waals surface area (Å²) in [4.78, 5) is 0. The van der Waals surface area contributed by atoms with E-state index >= 15 is 0 Å². The standard InChI is InChI=1S/C10H5BrClNS/c11-4-6-2-1-3-7-8(5-13)10(12)14-9(6)7/h1-3H,4H2. The van der Waals surface area contributed by atoms with Crippen LogP contribution in [-0.2, 0) is 5.33 Å². The Morgan fingerprint density at radius 2 is 2.29 bits per heavy atom. The number of nitriles is 1. The molecule has 0 N–H and O–H groups in total. The summed E-state index contributed by atoms with van der Waals surface area (Å²) in [6.45, 7) is 0. The van der Waals surface area contributed by atoms with E-state index in [0.29, 0.717) is 9.90 Å². The molecule has 1 nitrogen and oxygen atoms in total. The highest BCUT2D eigenvalue weighted by molar-refractivity contribution is 9.08. The third-order valence-electron chi connectivity index (χ3n) is 2.01. The lowest BCUT2D eigenvalue weighted by molar-refractivity contribution is 1.50. The van der Waals surface area contributed by atoms with Gasteiger partial charge in [-0.2, -0.15) is 5.26 Å². The quantitative estimate of drug-likeness (QED) is 0.716.